The predicted molar refractivity (Wildman–Crippen MR) is 63.7 cm³/mol. The number of ether oxygens (including phenoxy) is 2. The summed E-state index contributed by atoms with van der Waals surface area (Å²) in [5.74, 6) is -0.802. The van der Waals surface area contributed by atoms with Gasteiger partial charge in [-0.2, -0.15) is 0 Å². The molecule has 1 saturated heterocycles. The summed E-state index contributed by atoms with van der Waals surface area (Å²) in [6.45, 7) is 1.36. The van der Waals surface area contributed by atoms with E-state index in [0.717, 1.165) is 12.8 Å². The number of carboxylic acid groups (broad SMARTS) is 1. The monoisotopic (exact) mass is 252 g/mol. The van der Waals surface area contributed by atoms with Crippen LogP contribution in [0.25, 0.3) is 0 Å². The third-order valence-electron chi connectivity index (χ3n) is 2.98. The standard InChI is InChI=1S/C12H16N2O4/c13-7-12(5-2-6-18-12)8-17-10-4-1-3-9(14-10)11(15)16/h1,3-4H,2,5-8,13H2,(H,15,16). The highest BCUT2D eigenvalue weighted by Gasteiger charge is 2.34. The smallest absolute Gasteiger partial charge is 0.354 e. The van der Waals surface area contributed by atoms with E-state index in [0.29, 0.717) is 19.8 Å². The van der Waals surface area contributed by atoms with Gasteiger partial charge in [0.05, 0.1) is 0 Å². The zero-order valence-electron chi connectivity index (χ0n) is 9.96. The fourth-order valence-electron chi connectivity index (χ4n) is 1.91. The number of rotatable bonds is 5. The number of hydrogen-bond donors (Lipinski definition) is 2. The third-order valence-corrected chi connectivity index (χ3v) is 2.98. The van der Waals surface area contributed by atoms with Crippen LogP contribution in [0.1, 0.15) is 23.3 Å². The number of nitrogens with two attached hydrogens (primary N) is 1. The number of carboxylic acids is 1. The van der Waals surface area contributed by atoms with Crippen molar-refractivity contribution in [1.82, 2.24) is 4.98 Å². The number of nitrogens with zero attached hydrogens (tertiary/aromatic N) is 1. The summed E-state index contributed by atoms with van der Waals surface area (Å²) in [6, 6.07) is 4.63. The van der Waals surface area contributed by atoms with Crippen molar-refractivity contribution in [2.75, 3.05) is 19.8 Å². The predicted octanol–water partition coefficient (Wildman–Crippen LogP) is 0.666. The van der Waals surface area contributed by atoms with Crippen molar-refractivity contribution in [3.63, 3.8) is 0 Å². The SMILES string of the molecule is NCC1(COc2cccc(C(=O)O)n2)CCCO1. The van der Waals surface area contributed by atoms with Crippen molar-refractivity contribution < 1.29 is 19.4 Å². The third kappa shape index (κ3) is 2.77. The summed E-state index contributed by atoms with van der Waals surface area (Å²) in [4.78, 5) is 14.7. The molecule has 1 atom stereocenters. The molecule has 0 aliphatic carbocycles. The molecule has 2 heterocycles. The Labute approximate surface area is 105 Å². The molecule has 1 fully saturated rings. The highest BCUT2D eigenvalue weighted by Crippen LogP contribution is 2.25. The normalized spacial score (nSPS) is 22.9. The first-order valence-corrected chi connectivity index (χ1v) is 5.82. The Hall–Kier alpha value is -1.66. The summed E-state index contributed by atoms with van der Waals surface area (Å²) in [5, 5.41) is 8.82. The Kier molecular flexibility index (Phi) is 3.78. The highest BCUT2D eigenvalue weighted by molar-refractivity contribution is 5.85. The molecule has 98 valence electrons. The molecule has 1 aromatic rings. The number of aromatic carboxylic acids is 1. The van der Waals surface area contributed by atoms with Crippen LogP contribution in [-0.4, -0.2) is 41.4 Å². The molecule has 1 aromatic heterocycles. The van der Waals surface area contributed by atoms with E-state index >= 15 is 0 Å². The van der Waals surface area contributed by atoms with E-state index in [1.54, 1.807) is 12.1 Å². The van der Waals surface area contributed by atoms with E-state index in [4.69, 9.17) is 20.3 Å². The summed E-state index contributed by atoms with van der Waals surface area (Å²) in [7, 11) is 0. The van der Waals surface area contributed by atoms with Crippen molar-refractivity contribution in [2.45, 2.75) is 18.4 Å². The van der Waals surface area contributed by atoms with E-state index in [1.807, 2.05) is 0 Å². The summed E-state index contributed by atoms with van der Waals surface area (Å²) in [6.07, 6.45) is 1.81. The average molecular weight is 252 g/mol. The Bertz CT molecular complexity index is 430. The highest BCUT2D eigenvalue weighted by atomic mass is 16.5. The first-order chi connectivity index (χ1) is 8.65. The molecule has 2 rings (SSSR count). The van der Waals surface area contributed by atoms with Gasteiger partial charge in [-0.15, -0.1) is 0 Å². The summed E-state index contributed by atoms with van der Waals surface area (Å²) >= 11 is 0. The van der Waals surface area contributed by atoms with Gasteiger partial charge in [-0.1, -0.05) is 6.07 Å². The Morgan fingerprint density at radius 2 is 2.44 bits per heavy atom. The maximum absolute atomic E-state index is 10.8. The molecule has 0 bridgehead atoms. The Morgan fingerprint density at radius 3 is 3.06 bits per heavy atom. The molecule has 0 amide bonds. The minimum atomic E-state index is -1.08. The maximum atomic E-state index is 10.8. The van der Waals surface area contributed by atoms with Gasteiger partial charge in [0.15, 0.2) is 5.69 Å². The van der Waals surface area contributed by atoms with E-state index in [-0.39, 0.29) is 11.6 Å². The molecular weight excluding hydrogens is 236 g/mol. The zero-order valence-corrected chi connectivity index (χ0v) is 9.96. The second-order valence-electron chi connectivity index (χ2n) is 4.29. The molecule has 1 aliphatic rings. The molecule has 0 aromatic carbocycles. The van der Waals surface area contributed by atoms with Gasteiger partial charge in [0.25, 0.3) is 0 Å². The van der Waals surface area contributed by atoms with E-state index in [2.05, 4.69) is 4.98 Å². The second kappa shape index (κ2) is 5.32. The van der Waals surface area contributed by atoms with Crippen molar-refractivity contribution in [3.8, 4) is 5.88 Å². The summed E-state index contributed by atoms with van der Waals surface area (Å²) in [5.41, 5.74) is 5.19. The maximum Gasteiger partial charge on any atom is 0.354 e. The topological polar surface area (TPSA) is 94.7 Å². The van der Waals surface area contributed by atoms with E-state index in [1.165, 1.54) is 6.07 Å². The molecule has 1 aliphatic heterocycles. The molecule has 0 radical (unpaired) electrons. The van der Waals surface area contributed by atoms with Crippen LogP contribution in [0.3, 0.4) is 0 Å². The number of pyridine rings is 1. The molecule has 1 unspecified atom stereocenters. The van der Waals surface area contributed by atoms with E-state index in [9.17, 15) is 4.79 Å². The molecule has 0 saturated carbocycles. The second-order valence-corrected chi connectivity index (χ2v) is 4.29. The van der Waals surface area contributed by atoms with Crippen LogP contribution < -0.4 is 10.5 Å². The van der Waals surface area contributed by atoms with Crippen molar-refractivity contribution in [3.05, 3.63) is 23.9 Å². The van der Waals surface area contributed by atoms with Gasteiger partial charge in [-0.05, 0) is 18.9 Å². The molecule has 6 heteroatoms. The zero-order chi connectivity index (χ0) is 13.0. The Morgan fingerprint density at radius 1 is 1.61 bits per heavy atom. The van der Waals surface area contributed by atoms with Crippen LogP contribution in [-0.2, 0) is 4.74 Å². The molecular formula is C12H16N2O4. The quantitative estimate of drug-likeness (QED) is 0.799. The van der Waals surface area contributed by atoms with Gasteiger partial charge in [0.2, 0.25) is 5.88 Å². The average Bonchev–Trinajstić information content (AvgIpc) is 2.86. The number of hydrogen-bond acceptors (Lipinski definition) is 5. The van der Waals surface area contributed by atoms with Gasteiger partial charge in [0.1, 0.15) is 12.2 Å². The molecule has 3 N–H and O–H groups in total. The lowest BCUT2D eigenvalue weighted by Gasteiger charge is -2.26. The van der Waals surface area contributed by atoms with Crippen LogP contribution in [0.15, 0.2) is 18.2 Å². The van der Waals surface area contributed by atoms with Gasteiger partial charge in [-0.25, -0.2) is 9.78 Å². The lowest BCUT2D eigenvalue weighted by molar-refractivity contribution is -0.0244. The van der Waals surface area contributed by atoms with Crippen molar-refractivity contribution >= 4 is 5.97 Å². The van der Waals surface area contributed by atoms with E-state index < -0.39 is 11.6 Å². The van der Waals surface area contributed by atoms with Crippen LogP contribution in [0, 0.1) is 0 Å². The van der Waals surface area contributed by atoms with Gasteiger partial charge < -0.3 is 20.3 Å². The minimum Gasteiger partial charge on any atom is -0.477 e. The fraction of sp³-hybridized carbons (Fsp3) is 0.500. The lowest BCUT2D eigenvalue weighted by Crippen LogP contribution is -2.42. The summed E-state index contributed by atoms with van der Waals surface area (Å²) < 4.78 is 11.1. The number of aromatic nitrogens is 1. The molecule has 6 nitrogen and oxygen atoms in total. The van der Waals surface area contributed by atoms with Gasteiger partial charge >= 0.3 is 5.97 Å². The van der Waals surface area contributed by atoms with Gasteiger partial charge in [0, 0.05) is 19.2 Å². The van der Waals surface area contributed by atoms with Crippen LogP contribution in [0.2, 0.25) is 0 Å². The number of carbonyl (C=O) groups is 1. The van der Waals surface area contributed by atoms with Gasteiger partial charge in [-0.3, -0.25) is 0 Å². The molecule has 18 heavy (non-hydrogen) atoms. The van der Waals surface area contributed by atoms with Crippen LogP contribution >= 0.6 is 0 Å². The van der Waals surface area contributed by atoms with Crippen LogP contribution in [0.5, 0.6) is 5.88 Å². The Balaban J connectivity index is 2.01. The van der Waals surface area contributed by atoms with Crippen molar-refractivity contribution in [1.29, 1.82) is 0 Å². The first kappa shape index (κ1) is 12.8. The van der Waals surface area contributed by atoms with Crippen molar-refractivity contribution in [2.24, 2.45) is 5.73 Å². The lowest BCUT2D eigenvalue weighted by atomic mass is 10.0. The fourth-order valence-corrected chi connectivity index (χ4v) is 1.91. The minimum absolute atomic E-state index is 0.0401. The molecule has 0 spiro atoms. The van der Waals surface area contributed by atoms with Crippen LogP contribution in [0.4, 0.5) is 0 Å². The largest absolute Gasteiger partial charge is 0.477 e. The first-order valence-electron chi connectivity index (χ1n) is 5.82.